The SMILES string of the molecule is Cc1ccc2[nH]cc(CC(NC(=O)OC(C)(C)C)C(=O)OCc3ccccc3)c2c1. The number of nitrogens with one attached hydrogen (secondary N) is 2. The Bertz CT molecular complexity index is 1020. The molecule has 0 bridgehead atoms. The number of H-pyrrole nitrogens is 1. The number of fused-ring (bicyclic) bond motifs is 1. The smallest absolute Gasteiger partial charge is 0.408 e. The molecule has 0 aliphatic heterocycles. The molecule has 3 aromatic rings. The maximum Gasteiger partial charge on any atom is 0.408 e. The van der Waals surface area contributed by atoms with E-state index in [1.54, 1.807) is 20.8 Å². The fourth-order valence-electron chi connectivity index (χ4n) is 3.15. The largest absolute Gasteiger partial charge is 0.459 e. The molecule has 0 spiro atoms. The molecule has 0 fully saturated rings. The molecule has 2 N–H and O–H groups in total. The summed E-state index contributed by atoms with van der Waals surface area (Å²) in [6, 6.07) is 14.6. The second kappa shape index (κ2) is 9.03. The zero-order valence-electron chi connectivity index (χ0n) is 17.8. The number of esters is 1. The van der Waals surface area contributed by atoms with Crippen LogP contribution in [0, 0.1) is 6.92 Å². The average Bonchev–Trinajstić information content (AvgIpc) is 3.07. The van der Waals surface area contributed by atoms with Crippen LogP contribution in [-0.4, -0.2) is 28.7 Å². The summed E-state index contributed by atoms with van der Waals surface area (Å²) in [5, 5.41) is 3.69. The molecule has 2 aromatic carbocycles. The molecule has 6 heteroatoms. The number of carbonyl (C=O) groups is 2. The first-order valence-electron chi connectivity index (χ1n) is 9.98. The van der Waals surface area contributed by atoms with Gasteiger partial charge < -0.3 is 19.8 Å². The van der Waals surface area contributed by atoms with Crippen molar-refractivity contribution in [2.24, 2.45) is 0 Å². The standard InChI is InChI=1S/C24H28N2O4/c1-16-10-11-20-19(12-16)18(14-25-20)13-21(26-23(28)30-24(2,3)4)22(27)29-15-17-8-6-5-7-9-17/h5-12,14,21,25H,13,15H2,1-4H3,(H,26,28). The summed E-state index contributed by atoms with van der Waals surface area (Å²) in [6.45, 7) is 7.48. The molecule has 30 heavy (non-hydrogen) atoms. The average molecular weight is 408 g/mol. The number of alkyl carbamates (subject to hydrolysis) is 1. The van der Waals surface area contributed by atoms with Gasteiger partial charge in [0.15, 0.2) is 0 Å². The summed E-state index contributed by atoms with van der Waals surface area (Å²) < 4.78 is 10.8. The first-order chi connectivity index (χ1) is 14.2. The normalized spacial score (nSPS) is 12.4. The van der Waals surface area contributed by atoms with E-state index < -0.39 is 23.7 Å². The highest BCUT2D eigenvalue weighted by atomic mass is 16.6. The molecular weight excluding hydrogens is 380 g/mol. The minimum absolute atomic E-state index is 0.138. The molecule has 1 unspecified atom stereocenters. The molecule has 6 nitrogen and oxygen atoms in total. The summed E-state index contributed by atoms with van der Waals surface area (Å²) >= 11 is 0. The Morgan fingerprint density at radius 2 is 1.83 bits per heavy atom. The lowest BCUT2D eigenvalue weighted by Gasteiger charge is -2.23. The van der Waals surface area contributed by atoms with E-state index in [0.717, 1.165) is 27.6 Å². The Balaban J connectivity index is 1.78. The van der Waals surface area contributed by atoms with Gasteiger partial charge in [-0.05, 0) is 51.0 Å². The van der Waals surface area contributed by atoms with Crippen molar-refractivity contribution in [3.63, 3.8) is 0 Å². The molecule has 158 valence electrons. The molecule has 0 aliphatic carbocycles. The Labute approximate surface area is 176 Å². The summed E-state index contributed by atoms with van der Waals surface area (Å²) in [4.78, 5) is 28.4. The molecular formula is C24H28N2O4. The number of rotatable bonds is 6. The van der Waals surface area contributed by atoms with Crippen LogP contribution >= 0.6 is 0 Å². The lowest BCUT2D eigenvalue weighted by molar-refractivity contribution is -0.147. The van der Waals surface area contributed by atoms with Crippen molar-refractivity contribution in [1.82, 2.24) is 10.3 Å². The molecule has 1 atom stereocenters. The highest BCUT2D eigenvalue weighted by Gasteiger charge is 2.27. The van der Waals surface area contributed by atoms with E-state index in [-0.39, 0.29) is 13.0 Å². The number of carbonyl (C=O) groups excluding carboxylic acids is 2. The number of ether oxygens (including phenoxy) is 2. The first-order valence-corrected chi connectivity index (χ1v) is 9.98. The van der Waals surface area contributed by atoms with Crippen LogP contribution in [0.2, 0.25) is 0 Å². The topological polar surface area (TPSA) is 80.4 Å². The zero-order chi connectivity index (χ0) is 21.7. The van der Waals surface area contributed by atoms with Crippen molar-refractivity contribution in [2.45, 2.75) is 52.4 Å². The molecule has 3 rings (SSSR count). The number of hydrogen-bond acceptors (Lipinski definition) is 4. The van der Waals surface area contributed by atoms with Gasteiger partial charge in [-0.2, -0.15) is 0 Å². The molecule has 0 aliphatic rings. The second-order valence-electron chi connectivity index (χ2n) is 8.36. The van der Waals surface area contributed by atoms with E-state index >= 15 is 0 Å². The van der Waals surface area contributed by atoms with Crippen LogP contribution in [0.1, 0.15) is 37.5 Å². The molecule has 1 amide bonds. The van der Waals surface area contributed by atoms with E-state index in [1.165, 1.54) is 0 Å². The van der Waals surface area contributed by atoms with Crippen LogP contribution in [-0.2, 0) is 27.3 Å². The van der Waals surface area contributed by atoms with Crippen molar-refractivity contribution in [3.8, 4) is 0 Å². The van der Waals surface area contributed by atoms with E-state index in [4.69, 9.17) is 9.47 Å². The van der Waals surface area contributed by atoms with Gasteiger partial charge in [0.25, 0.3) is 0 Å². The van der Waals surface area contributed by atoms with Crippen molar-refractivity contribution in [3.05, 3.63) is 71.4 Å². The summed E-state index contributed by atoms with van der Waals surface area (Å²) in [5.74, 6) is -0.508. The van der Waals surface area contributed by atoms with Gasteiger partial charge in [-0.25, -0.2) is 9.59 Å². The Morgan fingerprint density at radius 3 is 2.53 bits per heavy atom. The summed E-state index contributed by atoms with van der Waals surface area (Å²) in [7, 11) is 0. The van der Waals surface area contributed by atoms with E-state index in [1.807, 2.05) is 55.6 Å². The second-order valence-corrected chi connectivity index (χ2v) is 8.36. The zero-order valence-corrected chi connectivity index (χ0v) is 17.8. The predicted molar refractivity (Wildman–Crippen MR) is 116 cm³/mol. The van der Waals surface area contributed by atoms with Crippen LogP contribution in [0.4, 0.5) is 4.79 Å². The number of aromatic amines is 1. The fourth-order valence-corrected chi connectivity index (χ4v) is 3.15. The lowest BCUT2D eigenvalue weighted by Crippen LogP contribution is -2.45. The van der Waals surface area contributed by atoms with Crippen LogP contribution in [0.3, 0.4) is 0 Å². The van der Waals surface area contributed by atoms with E-state index in [0.29, 0.717) is 0 Å². The van der Waals surface area contributed by atoms with Crippen molar-refractivity contribution < 1.29 is 19.1 Å². The Morgan fingerprint density at radius 1 is 1.10 bits per heavy atom. The van der Waals surface area contributed by atoms with Gasteiger partial charge >= 0.3 is 12.1 Å². The molecule has 0 radical (unpaired) electrons. The number of aromatic nitrogens is 1. The molecule has 0 saturated heterocycles. The summed E-state index contributed by atoms with van der Waals surface area (Å²) in [5.41, 5.74) is 3.23. The van der Waals surface area contributed by atoms with E-state index in [2.05, 4.69) is 16.4 Å². The minimum atomic E-state index is -0.872. The third-order valence-electron chi connectivity index (χ3n) is 4.55. The Kier molecular flexibility index (Phi) is 6.45. The minimum Gasteiger partial charge on any atom is -0.459 e. The van der Waals surface area contributed by atoms with Gasteiger partial charge in [-0.1, -0.05) is 42.0 Å². The van der Waals surface area contributed by atoms with Crippen LogP contribution < -0.4 is 5.32 Å². The third-order valence-corrected chi connectivity index (χ3v) is 4.55. The molecule has 0 saturated carbocycles. The van der Waals surface area contributed by atoms with Gasteiger partial charge in [-0.15, -0.1) is 0 Å². The first kappa shape index (κ1) is 21.4. The van der Waals surface area contributed by atoms with Crippen molar-refractivity contribution >= 4 is 23.0 Å². The highest BCUT2D eigenvalue weighted by Crippen LogP contribution is 2.21. The van der Waals surface area contributed by atoms with Crippen LogP contribution in [0.5, 0.6) is 0 Å². The van der Waals surface area contributed by atoms with Crippen LogP contribution in [0.15, 0.2) is 54.7 Å². The van der Waals surface area contributed by atoms with Gasteiger partial charge in [0.2, 0.25) is 0 Å². The van der Waals surface area contributed by atoms with Crippen LogP contribution in [0.25, 0.3) is 10.9 Å². The monoisotopic (exact) mass is 408 g/mol. The number of benzene rings is 2. The third kappa shape index (κ3) is 5.86. The fraction of sp³-hybridized carbons (Fsp3) is 0.333. The number of aryl methyl sites for hydroxylation is 1. The lowest BCUT2D eigenvalue weighted by atomic mass is 10.0. The Hall–Kier alpha value is -3.28. The predicted octanol–water partition coefficient (Wildman–Crippen LogP) is 4.66. The van der Waals surface area contributed by atoms with E-state index in [9.17, 15) is 9.59 Å². The highest BCUT2D eigenvalue weighted by molar-refractivity contribution is 5.86. The maximum absolute atomic E-state index is 12.8. The van der Waals surface area contributed by atoms with Gasteiger partial charge in [0.1, 0.15) is 18.2 Å². The van der Waals surface area contributed by atoms with Crippen molar-refractivity contribution in [2.75, 3.05) is 0 Å². The maximum atomic E-state index is 12.8. The number of hydrogen-bond donors (Lipinski definition) is 2. The molecule has 1 heterocycles. The number of amides is 1. The van der Waals surface area contributed by atoms with Gasteiger partial charge in [0, 0.05) is 23.5 Å². The summed E-state index contributed by atoms with van der Waals surface area (Å²) in [6.07, 6.45) is 1.49. The molecule has 1 aromatic heterocycles. The van der Waals surface area contributed by atoms with Gasteiger partial charge in [0.05, 0.1) is 0 Å². The quantitative estimate of drug-likeness (QED) is 0.582. The van der Waals surface area contributed by atoms with Gasteiger partial charge in [-0.3, -0.25) is 0 Å². The van der Waals surface area contributed by atoms with Crippen molar-refractivity contribution in [1.29, 1.82) is 0 Å².